The fourth-order valence-corrected chi connectivity index (χ4v) is 2.42. The number of nitrogens with zero attached hydrogens (tertiary/aromatic N) is 1. The van der Waals surface area contributed by atoms with Gasteiger partial charge in [-0.25, -0.2) is 9.59 Å². The Kier molecular flexibility index (Phi) is 7.68. The molecule has 29 heavy (non-hydrogen) atoms. The van der Waals surface area contributed by atoms with Crippen molar-refractivity contribution in [1.29, 1.82) is 5.26 Å². The van der Waals surface area contributed by atoms with Gasteiger partial charge in [0.1, 0.15) is 11.6 Å². The number of ether oxygens (including phenoxy) is 1. The van der Waals surface area contributed by atoms with Gasteiger partial charge in [0.25, 0.3) is 5.91 Å². The summed E-state index contributed by atoms with van der Waals surface area (Å²) < 4.78 is 5.30. The fraction of sp³-hybridized carbons (Fsp3) is 0.182. The summed E-state index contributed by atoms with van der Waals surface area (Å²) in [6.45, 7) is 3.95. The molecular formula is C22H21N3O4. The number of carbonyl (C=O) groups excluding carboxylic acids is 3. The first-order valence-electron chi connectivity index (χ1n) is 8.97. The maximum absolute atomic E-state index is 12.6. The molecule has 2 rings (SSSR count). The zero-order valence-electron chi connectivity index (χ0n) is 16.1. The molecule has 0 heterocycles. The second kappa shape index (κ2) is 10.4. The Bertz CT molecular complexity index is 944. The summed E-state index contributed by atoms with van der Waals surface area (Å²) in [6.07, 6.45) is -0.00742. The van der Waals surface area contributed by atoms with Crippen LogP contribution in [0.25, 0.3) is 6.08 Å². The van der Waals surface area contributed by atoms with E-state index in [9.17, 15) is 19.6 Å². The van der Waals surface area contributed by atoms with Crippen LogP contribution in [0.5, 0.6) is 0 Å². The van der Waals surface area contributed by atoms with E-state index in [-0.39, 0.29) is 5.57 Å². The maximum Gasteiger partial charge on any atom is 0.350 e. The summed E-state index contributed by atoms with van der Waals surface area (Å²) in [4.78, 5) is 36.8. The highest BCUT2D eigenvalue weighted by Gasteiger charge is 2.27. The van der Waals surface area contributed by atoms with Gasteiger partial charge >= 0.3 is 12.0 Å². The molecule has 0 fully saturated rings. The lowest BCUT2D eigenvalue weighted by molar-refractivity contribution is -0.152. The number of nitrogens with one attached hydrogen (secondary N) is 2. The second-order valence-electron chi connectivity index (χ2n) is 6.13. The molecule has 148 valence electrons. The van der Waals surface area contributed by atoms with Crippen LogP contribution in [0.2, 0.25) is 0 Å². The third-order valence-corrected chi connectivity index (χ3v) is 3.87. The first-order chi connectivity index (χ1) is 13.9. The molecule has 0 saturated heterocycles. The third kappa shape index (κ3) is 6.33. The molecule has 0 aliphatic carbocycles. The standard InChI is InChI=1S/C22H21N3O4/c1-3-24-22(28)25-20(26)19(17-7-5-4-6-8-17)29-21(27)18(14-23)13-16-11-9-15(2)10-12-16/h4-13,19H,3H2,1-2H3,(H2,24,25,26,28)/b18-13+/t19-/m1/s1. The maximum atomic E-state index is 12.6. The van der Waals surface area contributed by atoms with E-state index in [1.807, 2.05) is 19.1 Å². The number of rotatable bonds is 6. The van der Waals surface area contributed by atoms with Crippen molar-refractivity contribution in [3.8, 4) is 6.07 Å². The monoisotopic (exact) mass is 391 g/mol. The van der Waals surface area contributed by atoms with Gasteiger partial charge in [-0.15, -0.1) is 0 Å². The Morgan fingerprint density at radius 3 is 2.34 bits per heavy atom. The molecule has 0 radical (unpaired) electrons. The lowest BCUT2D eigenvalue weighted by Crippen LogP contribution is -2.42. The third-order valence-electron chi connectivity index (χ3n) is 3.87. The lowest BCUT2D eigenvalue weighted by Gasteiger charge is -2.17. The van der Waals surface area contributed by atoms with Crippen molar-refractivity contribution in [3.05, 3.63) is 76.9 Å². The predicted molar refractivity (Wildman–Crippen MR) is 107 cm³/mol. The zero-order chi connectivity index (χ0) is 21.2. The Labute approximate surface area is 169 Å². The average Bonchev–Trinajstić information content (AvgIpc) is 2.72. The fourth-order valence-electron chi connectivity index (χ4n) is 2.42. The molecule has 0 spiro atoms. The first-order valence-corrected chi connectivity index (χ1v) is 8.97. The van der Waals surface area contributed by atoms with E-state index in [1.54, 1.807) is 55.5 Å². The molecular weight excluding hydrogens is 370 g/mol. The van der Waals surface area contributed by atoms with Crippen LogP contribution in [-0.4, -0.2) is 24.5 Å². The number of nitriles is 1. The number of urea groups is 1. The van der Waals surface area contributed by atoms with Gasteiger partial charge in [0.2, 0.25) is 6.10 Å². The first kappa shape index (κ1) is 21.4. The summed E-state index contributed by atoms with van der Waals surface area (Å²) in [7, 11) is 0. The van der Waals surface area contributed by atoms with Crippen LogP contribution in [0.4, 0.5) is 4.79 Å². The number of carbonyl (C=O) groups is 3. The summed E-state index contributed by atoms with van der Waals surface area (Å²) in [5, 5.41) is 13.9. The van der Waals surface area contributed by atoms with Crippen molar-refractivity contribution in [1.82, 2.24) is 10.6 Å². The molecule has 2 N–H and O–H groups in total. The smallest absolute Gasteiger partial charge is 0.350 e. The van der Waals surface area contributed by atoms with E-state index in [4.69, 9.17) is 4.74 Å². The van der Waals surface area contributed by atoms with Gasteiger partial charge in [-0.05, 0) is 25.5 Å². The second-order valence-corrected chi connectivity index (χ2v) is 6.13. The minimum absolute atomic E-state index is 0.263. The largest absolute Gasteiger partial charge is 0.443 e. The quantitative estimate of drug-likeness (QED) is 0.447. The minimum atomic E-state index is -1.39. The Morgan fingerprint density at radius 1 is 1.10 bits per heavy atom. The van der Waals surface area contributed by atoms with Gasteiger partial charge in [0.15, 0.2) is 0 Å². The SMILES string of the molecule is CCNC(=O)NC(=O)[C@H](OC(=O)/C(C#N)=C/c1ccc(C)cc1)c1ccccc1. The van der Waals surface area contributed by atoms with Gasteiger partial charge in [-0.1, -0.05) is 60.2 Å². The molecule has 0 unspecified atom stereocenters. The summed E-state index contributed by atoms with van der Waals surface area (Å²) in [6, 6.07) is 16.6. The van der Waals surface area contributed by atoms with Crippen molar-refractivity contribution in [3.63, 3.8) is 0 Å². The van der Waals surface area contributed by atoms with Crippen LogP contribution in [0.3, 0.4) is 0 Å². The van der Waals surface area contributed by atoms with E-state index in [2.05, 4.69) is 10.6 Å². The number of hydrogen-bond donors (Lipinski definition) is 2. The molecule has 2 aromatic carbocycles. The van der Waals surface area contributed by atoms with E-state index < -0.39 is 24.0 Å². The molecule has 3 amide bonds. The predicted octanol–water partition coefficient (Wildman–Crippen LogP) is 3.03. The van der Waals surface area contributed by atoms with Gasteiger partial charge in [0.05, 0.1) is 0 Å². The van der Waals surface area contributed by atoms with E-state index >= 15 is 0 Å². The topological polar surface area (TPSA) is 108 Å². The molecule has 0 saturated carbocycles. The molecule has 0 aromatic heterocycles. The molecule has 1 atom stereocenters. The lowest BCUT2D eigenvalue weighted by atomic mass is 10.1. The van der Waals surface area contributed by atoms with Crippen LogP contribution in [-0.2, 0) is 14.3 Å². The highest BCUT2D eigenvalue weighted by molar-refractivity contribution is 6.01. The van der Waals surface area contributed by atoms with E-state index in [1.165, 1.54) is 6.08 Å². The molecule has 7 nitrogen and oxygen atoms in total. The zero-order valence-corrected chi connectivity index (χ0v) is 16.1. The summed E-state index contributed by atoms with van der Waals surface area (Å²) >= 11 is 0. The van der Waals surface area contributed by atoms with Gasteiger partial charge in [-0.2, -0.15) is 5.26 Å². The highest BCUT2D eigenvalue weighted by Crippen LogP contribution is 2.20. The Morgan fingerprint density at radius 2 is 1.76 bits per heavy atom. The number of imide groups is 1. The van der Waals surface area contributed by atoms with E-state index in [0.717, 1.165) is 5.56 Å². The average molecular weight is 391 g/mol. The molecule has 2 aromatic rings. The van der Waals surface area contributed by atoms with Crippen molar-refractivity contribution in [2.24, 2.45) is 0 Å². The molecule has 0 aliphatic rings. The number of benzene rings is 2. The van der Waals surface area contributed by atoms with Crippen LogP contribution in [0.15, 0.2) is 60.2 Å². The van der Waals surface area contributed by atoms with Crippen LogP contribution < -0.4 is 10.6 Å². The molecule has 0 aliphatic heterocycles. The van der Waals surface area contributed by atoms with Crippen molar-refractivity contribution in [2.45, 2.75) is 20.0 Å². The van der Waals surface area contributed by atoms with Crippen molar-refractivity contribution >= 4 is 24.0 Å². The van der Waals surface area contributed by atoms with E-state index in [0.29, 0.717) is 17.7 Å². The van der Waals surface area contributed by atoms with Gasteiger partial charge in [0, 0.05) is 12.1 Å². The normalized spacial score (nSPS) is 11.7. The Hall–Kier alpha value is -3.92. The number of aryl methyl sites for hydroxylation is 1. The summed E-state index contributed by atoms with van der Waals surface area (Å²) in [5.41, 5.74) is 1.79. The van der Waals surface area contributed by atoms with Crippen molar-refractivity contribution in [2.75, 3.05) is 6.54 Å². The van der Waals surface area contributed by atoms with Crippen LogP contribution in [0.1, 0.15) is 29.7 Å². The number of hydrogen-bond acceptors (Lipinski definition) is 5. The van der Waals surface area contributed by atoms with Crippen LogP contribution >= 0.6 is 0 Å². The molecule has 0 bridgehead atoms. The summed E-state index contributed by atoms with van der Waals surface area (Å²) in [5.74, 6) is -1.78. The van der Waals surface area contributed by atoms with Gasteiger partial charge < -0.3 is 10.1 Å². The number of amides is 3. The molecule has 7 heteroatoms. The highest BCUT2D eigenvalue weighted by atomic mass is 16.5. The minimum Gasteiger partial charge on any atom is -0.443 e. The number of esters is 1. The van der Waals surface area contributed by atoms with Crippen LogP contribution in [0, 0.1) is 18.3 Å². The Balaban J connectivity index is 2.25. The van der Waals surface area contributed by atoms with Crippen molar-refractivity contribution < 1.29 is 19.1 Å². The van der Waals surface area contributed by atoms with Gasteiger partial charge in [-0.3, -0.25) is 10.1 Å².